The zero-order valence-corrected chi connectivity index (χ0v) is 12.3. The van der Waals surface area contributed by atoms with E-state index in [1.54, 1.807) is 18.4 Å². The van der Waals surface area contributed by atoms with Gasteiger partial charge in [0, 0.05) is 18.0 Å². The molecule has 0 spiro atoms. The molecular formula is C11H18BrN3S. The Kier molecular flexibility index (Phi) is 5.84. The molecule has 90 valence electrons. The Balaban J connectivity index is 2.40. The van der Waals surface area contributed by atoms with Crippen LogP contribution in [0.4, 0.5) is 0 Å². The molecule has 3 nitrogen and oxygen atoms in total. The van der Waals surface area contributed by atoms with E-state index in [0.717, 1.165) is 22.7 Å². The van der Waals surface area contributed by atoms with E-state index in [9.17, 15) is 0 Å². The molecule has 0 amide bonds. The van der Waals surface area contributed by atoms with Crippen molar-refractivity contribution in [2.45, 2.75) is 32.9 Å². The molecule has 0 fully saturated rings. The van der Waals surface area contributed by atoms with Gasteiger partial charge in [0.25, 0.3) is 0 Å². The lowest BCUT2D eigenvalue weighted by molar-refractivity contribution is 0.624. The molecule has 1 atom stereocenters. The molecule has 1 aromatic rings. The zero-order chi connectivity index (χ0) is 12.0. The van der Waals surface area contributed by atoms with Gasteiger partial charge in [0.15, 0.2) is 5.96 Å². The average Bonchev–Trinajstić information content (AvgIpc) is 2.69. The lowest BCUT2D eigenvalue weighted by atomic mass is 10.3. The van der Waals surface area contributed by atoms with Gasteiger partial charge in [0.05, 0.1) is 10.3 Å². The summed E-state index contributed by atoms with van der Waals surface area (Å²) in [6.07, 6.45) is 1.09. The maximum Gasteiger partial charge on any atom is 0.191 e. The predicted molar refractivity (Wildman–Crippen MR) is 75.1 cm³/mol. The van der Waals surface area contributed by atoms with E-state index in [0.29, 0.717) is 6.04 Å². The van der Waals surface area contributed by atoms with E-state index in [1.807, 2.05) is 0 Å². The number of nitrogens with one attached hydrogen (secondary N) is 2. The molecule has 0 saturated heterocycles. The van der Waals surface area contributed by atoms with Gasteiger partial charge < -0.3 is 10.6 Å². The van der Waals surface area contributed by atoms with Gasteiger partial charge in [-0.15, -0.1) is 11.3 Å². The number of hydrogen-bond acceptors (Lipinski definition) is 2. The zero-order valence-electron chi connectivity index (χ0n) is 9.88. The molecule has 2 N–H and O–H groups in total. The fourth-order valence-corrected chi connectivity index (χ4v) is 2.57. The Labute approximate surface area is 109 Å². The first kappa shape index (κ1) is 13.5. The first-order chi connectivity index (χ1) is 7.65. The van der Waals surface area contributed by atoms with Crippen molar-refractivity contribution in [3.8, 4) is 0 Å². The van der Waals surface area contributed by atoms with Gasteiger partial charge >= 0.3 is 0 Å². The van der Waals surface area contributed by atoms with Crippen LogP contribution in [0.5, 0.6) is 0 Å². The maximum atomic E-state index is 4.19. The molecule has 0 aliphatic rings. The molecule has 16 heavy (non-hydrogen) atoms. The lowest BCUT2D eigenvalue weighted by Crippen LogP contribution is -2.41. The SMILES string of the molecule is CCC(C)NC(=NC)NCc1ccc(Br)s1. The van der Waals surface area contributed by atoms with Gasteiger partial charge in [0.1, 0.15) is 0 Å². The average molecular weight is 304 g/mol. The number of guanidine groups is 1. The number of halogens is 1. The molecule has 0 saturated carbocycles. The van der Waals surface area contributed by atoms with Crippen molar-refractivity contribution in [2.75, 3.05) is 7.05 Å². The van der Waals surface area contributed by atoms with E-state index < -0.39 is 0 Å². The molecular weight excluding hydrogens is 286 g/mol. The third kappa shape index (κ3) is 4.53. The predicted octanol–water partition coefficient (Wildman–Crippen LogP) is 2.97. The minimum absolute atomic E-state index is 0.446. The van der Waals surface area contributed by atoms with Gasteiger partial charge in [-0.1, -0.05) is 6.92 Å². The first-order valence-corrected chi connectivity index (χ1v) is 6.98. The summed E-state index contributed by atoms with van der Waals surface area (Å²) in [7, 11) is 1.79. The van der Waals surface area contributed by atoms with Crippen molar-refractivity contribution in [3.05, 3.63) is 20.8 Å². The quantitative estimate of drug-likeness (QED) is 0.663. The summed E-state index contributed by atoms with van der Waals surface area (Å²) >= 11 is 5.19. The third-order valence-electron chi connectivity index (χ3n) is 2.28. The Morgan fingerprint density at radius 2 is 2.31 bits per heavy atom. The third-order valence-corrected chi connectivity index (χ3v) is 3.90. The van der Waals surface area contributed by atoms with E-state index in [1.165, 1.54) is 4.88 Å². The van der Waals surface area contributed by atoms with Crippen LogP contribution in [0.25, 0.3) is 0 Å². The van der Waals surface area contributed by atoms with Crippen LogP contribution in [0, 0.1) is 0 Å². The van der Waals surface area contributed by atoms with Crippen LogP contribution < -0.4 is 10.6 Å². The Bertz CT molecular complexity index is 349. The number of hydrogen-bond donors (Lipinski definition) is 2. The Morgan fingerprint density at radius 1 is 1.56 bits per heavy atom. The van der Waals surface area contributed by atoms with Gasteiger partial charge in [-0.05, 0) is 41.4 Å². The highest BCUT2D eigenvalue weighted by Crippen LogP contribution is 2.21. The van der Waals surface area contributed by atoms with Crippen LogP contribution in [0.1, 0.15) is 25.1 Å². The summed E-state index contributed by atoms with van der Waals surface area (Å²) in [6, 6.07) is 4.62. The van der Waals surface area contributed by atoms with Crippen molar-refractivity contribution < 1.29 is 0 Å². The van der Waals surface area contributed by atoms with Gasteiger partial charge in [-0.3, -0.25) is 4.99 Å². The topological polar surface area (TPSA) is 36.4 Å². The second kappa shape index (κ2) is 6.91. The van der Waals surface area contributed by atoms with Crippen molar-refractivity contribution in [2.24, 2.45) is 4.99 Å². The van der Waals surface area contributed by atoms with Crippen LogP contribution in [0.3, 0.4) is 0 Å². The van der Waals surface area contributed by atoms with Crippen molar-refractivity contribution in [3.63, 3.8) is 0 Å². The second-order valence-electron chi connectivity index (χ2n) is 3.59. The number of aliphatic imine (C=N–C) groups is 1. The highest BCUT2D eigenvalue weighted by Gasteiger charge is 2.03. The fraction of sp³-hybridized carbons (Fsp3) is 0.545. The summed E-state index contributed by atoms with van der Waals surface area (Å²) in [5.74, 6) is 0.860. The molecule has 1 unspecified atom stereocenters. The molecule has 1 rings (SSSR count). The van der Waals surface area contributed by atoms with Gasteiger partial charge in [0.2, 0.25) is 0 Å². The highest BCUT2D eigenvalue weighted by molar-refractivity contribution is 9.11. The Morgan fingerprint density at radius 3 is 2.81 bits per heavy atom. The molecule has 1 aromatic heterocycles. The maximum absolute atomic E-state index is 4.19. The molecule has 0 radical (unpaired) electrons. The second-order valence-corrected chi connectivity index (χ2v) is 6.13. The summed E-state index contributed by atoms with van der Waals surface area (Å²) < 4.78 is 1.16. The summed E-state index contributed by atoms with van der Waals surface area (Å²) in [5.41, 5.74) is 0. The molecule has 0 aromatic carbocycles. The summed E-state index contributed by atoms with van der Waals surface area (Å²) in [4.78, 5) is 5.48. The van der Waals surface area contributed by atoms with E-state index in [2.05, 4.69) is 57.5 Å². The largest absolute Gasteiger partial charge is 0.354 e. The minimum atomic E-state index is 0.446. The van der Waals surface area contributed by atoms with Gasteiger partial charge in [-0.2, -0.15) is 0 Å². The monoisotopic (exact) mass is 303 g/mol. The van der Waals surface area contributed by atoms with Crippen LogP contribution in [-0.4, -0.2) is 19.0 Å². The Hall–Kier alpha value is -0.550. The first-order valence-electron chi connectivity index (χ1n) is 5.37. The summed E-state index contributed by atoms with van der Waals surface area (Å²) in [6.45, 7) is 5.11. The molecule has 0 bridgehead atoms. The lowest BCUT2D eigenvalue weighted by Gasteiger charge is -2.15. The van der Waals surface area contributed by atoms with Crippen LogP contribution >= 0.6 is 27.3 Å². The van der Waals surface area contributed by atoms with Crippen molar-refractivity contribution >= 4 is 33.2 Å². The van der Waals surface area contributed by atoms with Gasteiger partial charge in [-0.25, -0.2) is 0 Å². The molecule has 1 heterocycles. The van der Waals surface area contributed by atoms with E-state index in [-0.39, 0.29) is 0 Å². The van der Waals surface area contributed by atoms with E-state index >= 15 is 0 Å². The van der Waals surface area contributed by atoms with Crippen LogP contribution in [0.15, 0.2) is 20.9 Å². The van der Waals surface area contributed by atoms with E-state index in [4.69, 9.17) is 0 Å². The van der Waals surface area contributed by atoms with Crippen LogP contribution in [-0.2, 0) is 6.54 Å². The minimum Gasteiger partial charge on any atom is -0.354 e. The van der Waals surface area contributed by atoms with Crippen LogP contribution in [0.2, 0.25) is 0 Å². The standard InChI is InChI=1S/C11H18BrN3S/c1-4-8(2)15-11(13-3)14-7-9-5-6-10(12)16-9/h5-6,8H,4,7H2,1-3H3,(H2,13,14,15). The molecule has 5 heteroatoms. The van der Waals surface area contributed by atoms with Crippen molar-refractivity contribution in [1.29, 1.82) is 0 Å². The fourth-order valence-electron chi connectivity index (χ4n) is 1.15. The normalized spacial score (nSPS) is 13.6. The molecule has 0 aliphatic carbocycles. The highest BCUT2D eigenvalue weighted by atomic mass is 79.9. The summed E-state index contributed by atoms with van der Waals surface area (Å²) in [5, 5.41) is 6.62. The number of thiophene rings is 1. The molecule has 0 aliphatic heterocycles. The number of nitrogens with zero attached hydrogens (tertiary/aromatic N) is 1. The van der Waals surface area contributed by atoms with Crippen molar-refractivity contribution in [1.82, 2.24) is 10.6 Å². The number of rotatable bonds is 4. The smallest absolute Gasteiger partial charge is 0.191 e.